The number of hydrogen-bond acceptors (Lipinski definition) is 5. The van der Waals surface area contributed by atoms with Crippen molar-refractivity contribution < 1.29 is 23.5 Å². The van der Waals surface area contributed by atoms with Crippen molar-refractivity contribution in [2.24, 2.45) is 0 Å². The van der Waals surface area contributed by atoms with E-state index in [1.54, 1.807) is 6.08 Å². The third-order valence-electron chi connectivity index (χ3n) is 5.34. The summed E-state index contributed by atoms with van der Waals surface area (Å²) in [5.41, 5.74) is 1.06. The van der Waals surface area contributed by atoms with Gasteiger partial charge in [-0.3, -0.25) is 4.90 Å². The number of carbonyl (C=O) groups excluding carboxylic acids is 2. The van der Waals surface area contributed by atoms with Gasteiger partial charge in [-0.25, -0.2) is 9.59 Å². The molecule has 0 saturated heterocycles. The van der Waals surface area contributed by atoms with Gasteiger partial charge in [0.05, 0.1) is 13.2 Å². The Balaban J connectivity index is 2.13. The molecular formula is C21H31NO5Si. The molecule has 1 aromatic carbocycles. The van der Waals surface area contributed by atoms with Crippen molar-refractivity contribution in [3.63, 3.8) is 0 Å². The lowest BCUT2D eigenvalue weighted by Gasteiger charge is -2.40. The summed E-state index contributed by atoms with van der Waals surface area (Å²) in [5, 5.41) is 0.0536. The average molecular weight is 406 g/mol. The Labute approximate surface area is 168 Å². The summed E-state index contributed by atoms with van der Waals surface area (Å²) in [7, 11) is -0.706. The lowest BCUT2D eigenvalue weighted by molar-refractivity contribution is -0.138. The van der Waals surface area contributed by atoms with Crippen LogP contribution in [0.5, 0.6) is 0 Å². The Morgan fingerprint density at radius 1 is 1.18 bits per heavy atom. The Hall–Kier alpha value is -2.12. The molecule has 0 fully saturated rings. The van der Waals surface area contributed by atoms with Gasteiger partial charge in [-0.15, -0.1) is 0 Å². The summed E-state index contributed by atoms with van der Waals surface area (Å²) >= 11 is 0. The molecule has 0 spiro atoms. The van der Waals surface area contributed by atoms with Crippen LogP contribution in [0.1, 0.15) is 32.8 Å². The number of nitrogens with zero attached hydrogens (tertiary/aromatic N) is 1. The molecule has 0 bridgehead atoms. The molecule has 28 heavy (non-hydrogen) atoms. The summed E-state index contributed by atoms with van der Waals surface area (Å²) in [6, 6.07) is 9.42. The first-order chi connectivity index (χ1) is 13.0. The van der Waals surface area contributed by atoms with Crippen molar-refractivity contribution in [1.82, 2.24) is 4.90 Å². The predicted molar refractivity (Wildman–Crippen MR) is 110 cm³/mol. The number of ether oxygens (including phenoxy) is 2. The number of amides is 1. The summed E-state index contributed by atoms with van der Waals surface area (Å²) in [6.45, 7) is 11.3. The number of esters is 1. The van der Waals surface area contributed by atoms with Gasteiger partial charge in [-0.2, -0.15) is 0 Å². The Bertz CT molecular complexity index is 724. The predicted octanol–water partition coefficient (Wildman–Crippen LogP) is 4.48. The lowest BCUT2D eigenvalue weighted by Crippen LogP contribution is -2.47. The third-order valence-corrected chi connectivity index (χ3v) is 9.85. The Morgan fingerprint density at radius 3 is 2.39 bits per heavy atom. The molecule has 7 heteroatoms. The molecule has 0 aromatic heterocycles. The molecule has 0 aliphatic carbocycles. The highest BCUT2D eigenvalue weighted by Crippen LogP contribution is 2.38. The zero-order valence-electron chi connectivity index (χ0n) is 17.7. The second-order valence-electron chi connectivity index (χ2n) is 8.44. The molecule has 1 aliphatic rings. The number of hydrogen-bond donors (Lipinski definition) is 0. The van der Waals surface area contributed by atoms with Crippen LogP contribution in [-0.4, -0.2) is 45.0 Å². The van der Waals surface area contributed by atoms with Gasteiger partial charge >= 0.3 is 12.1 Å². The van der Waals surface area contributed by atoms with Crippen LogP contribution in [0.15, 0.2) is 42.1 Å². The van der Waals surface area contributed by atoms with E-state index in [1.165, 1.54) is 12.0 Å². The van der Waals surface area contributed by atoms with Gasteiger partial charge in [0.2, 0.25) is 0 Å². The quantitative estimate of drug-likeness (QED) is 0.534. The van der Waals surface area contributed by atoms with Crippen LogP contribution in [0.3, 0.4) is 0 Å². The van der Waals surface area contributed by atoms with E-state index < -0.39 is 20.4 Å². The van der Waals surface area contributed by atoms with E-state index in [0.717, 1.165) is 5.56 Å². The first-order valence-corrected chi connectivity index (χ1v) is 12.4. The van der Waals surface area contributed by atoms with Gasteiger partial charge in [-0.05, 0) is 36.2 Å². The van der Waals surface area contributed by atoms with E-state index in [-0.39, 0.29) is 23.4 Å². The molecule has 1 amide bonds. The van der Waals surface area contributed by atoms with Crippen LogP contribution in [-0.2, 0) is 25.3 Å². The second-order valence-corrected chi connectivity index (χ2v) is 13.2. The number of rotatable bonds is 5. The minimum atomic E-state index is -2.01. The van der Waals surface area contributed by atoms with Crippen LogP contribution in [0.2, 0.25) is 18.1 Å². The molecule has 0 saturated carbocycles. The summed E-state index contributed by atoms with van der Waals surface area (Å²) in [4.78, 5) is 26.2. The summed E-state index contributed by atoms with van der Waals surface area (Å²) in [5.74, 6) is -0.569. The van der Waals surface area contributed by atoms with Crippen molar-refractivity contribution in [2.45, 2.75) is 58.0 Å². The zero-order valence-corrected chi connectivity index (χ0v) is 18.7. The van der Waals surface area contributed by atoms with E-state index in [4.69, 9.17) is 13.9 Å². The van der Waals surface area contributed by atoms with Crippen molar-refractivity contribution in [3.05, 3.63) is 47.7 Å². The minimum absolute atomic E-state index is 0.0536. The van der Waals surface area contributed by atoms with Gasteiger partial charge in [0.15, 0.2) is 8.32 Å². The lowest BCUT2D eigenvalue weighted by atomic mass is 10.1. The van der Waals surface area contributed by atoms with E-state index in [9.17, 15) is 9.59 Å². The highest BCUT2D eigenvalue weighted by atomic mass is 28.4. The van der Waals surface area contributed by atoms with Gasteiger partial charge < -0.3 is 13.9 Å². The first kappa shape index (κ1) is 22.2. The molecule has 0 unspecified atom stereocenters. The number of benzene rings is 1. The van der Waals surface area contributed by atoms with Crippen LogP contribution in [0, 0.1) is 0 Å². The Kier molecular flexibility index (Phi) is 7.06. The molecule has 154 valence electrons. The molecule has 6 nitrogen and oxygen atoms in total. The first-order valence-electron chi connectivity index (χ1n) is 9.51. The monoisotopic (exact) mass is 405 g/mol. The standard InChI is InChI=1S/C21H31NO5Si/c1-21(2,3)28(5,6)27-17-12-13-22(18(14-17)19(23)25-4)20(24)26-15-16-10-8-7-9-11-16/h7-11,14,17H,12-13,15H2,1-6H3/t17-/m0/s1. The minimum Gasteiger partial charge on any atom is -0.464 e. The maximum absolute atomic E-state index is 12.6. The highest BCUT2D eigenvalue weighted by molar-refractivity contribution is 6.74. The zero-order chi connectivity index (χ0) is 20.9. The summed E-state index contributed by atoms with van der Waals surface area (Å²) < 4.78 is 16.7. The van der Waals surface area contributed by atoms with Crippen molar-refractivity contribution in [3.8, 4) is 0 Å². The van der Waals surface area contributed by atoms with E-state index in [0.29, 0.717) is 13.0 Å². The SMILES string of the molecule is COC(=O)C1=C[C@@H](O[Si](C)(C)C(C)(C)C)CCN1C(=O)OCc1ccccc1. The molecule has 0 N–H and O–H groups in total. The maximum atomic E-state index is 12.6. The topological polar surface area (TPSA) is 65.1 Å². The normalized spacial score (nSPS) is 17.7. The molecular weight excluding hydrogens is 374 g/mol. The highest BCUT2D eigenvalue weighted by Gasteiger charge is 2.40. The van der Waals surface area contributed by atoms with Crippen LogP contribution >= 0.6 is 0 Å². The van der Waals surface area contributed by atoms with Gasteiger partial charge in [0.1, 0.15) is 12.3 Å². The fourth-order valence-electron chi connectivity index (χ4n) is 2.64. The van der Waals surface area contributed by atoms with Gasteiger partial charge in [0, 0.05) is 6.54 Å². The second kappa shape index (κ2) is 8.92. The smallest absolute Gasteiger partial charge is 0.414 e. The van der Waals surface area contributed by atoms with Gasteiger partial charge in [0.25, 0.3) is 0 Å². The van der Waals surface area contributed by atoms with E-state index in [2.05, 4.69) is 33.9 Å². The third kappa shape index (κ3) is 5.45. The van der Waals surface area contributed by atoms with Crippen LogP contribution < -0.4 is 0 Å². The average Bonchev–Trinajstić information content (AvgIpc) is 2.65. The van der Waals surface area contributed by atoms with E-state index in [1.807, 2.05) is 30.3 Å². The molecule has 1 atom stereocenters. The molecule has 1 aliphatic heterocycles. The molecule has 1 heterocycles. The molecule has 0 radical (unpaired) electrons. The maximum Gasteiger partial charge on any atom is 0.414 e. The van der Waals surface area contributed by atoms with Crippen LogP contribution in [0.25, 0.3) is 0 Å². The number of carbonyl (C=O) groups is 2. The molecule has 2 rings (SSSR count). The van der Waals surface area contributed by atoms with Crippen molar-refractivity contribution in [1.29, 1.82) is 0 Å². The van der Waals surface area contributed by atoms with E-state index >= 15 is 0 Å². The Morgan fingerprint density at radius 2 is 1.82 bits per heavy atom. The van der Waals surface area contributed by atoms with Crippen molar-refractivity contribution in [2.75, 3.05) is 13.7 Å². The fourth-order valence-corrected chi connectivity index (χ4v) is 3.94. The van der Waals surface area contributed by atoms with Crippen molar-refractivity contribution >= 4 is 20.4 Å². The summed E-state index contributed by atoms with van der Waals surface area (Å²) in [6.07, 6.45) is 1.51. The fraction of sp³-hybridized carbons (Fsp3) is 0.524. The molecule has 1 aromatic rings. The van der Waals surface area contributed by atoms with Crippen LogP contribution in [0.4, 0.5) is 4.79 Å². The van der Waals surface area contributed by atoms with Gasteiger partial charge in [-0.1, -0.05) is 51.1 Å². The number of methoxy groups -OCH3 is 1. The largest absolute Gasteiger partial charge is 0.464 e.